The molecule has 2 heterocycles. The van der Waals surface area contributed by atoms with Gasteiger partial charge in [0, 0.05) is 47.6 Å². The van der Waals surface area contributed by atoms with Crippen LogP contribution < -0.4 is 21.7 Å². The van der Waals surface area contributed by atoms with Gasteiger partial charge < -0.3 is 36.8 Å². The summed E-state index contributed by atoms with van der Waals surface area (Å²) in [6, 6.07) is 3.17. The van der Waals surface area contributed by atoms with Gasteiger partial charge in [0.05, 0.1) is 12.4 Å². The number of nitrogens with two attached hydrogens (primary N) is 1. The van der Waals surface area contributed by atoms with Gasteiger partial charge in [-0.1, -0.05) is 18.2 Å². The van der Waals surface area contributed by atoms with Gasteiger partial charge in [0.2, 0.25) is 17.7 Å². The largest absolute Gasteiger partial charge is 0.480 e. The number of carbonyl (C=O) groups excluding carboxylic acids is 3. The molecule has 0 radical (unpaired) electrons. The van der Waals surface area contributed by atoms with E-state index < -0.39 is 47.9 Å². The van der Waals surface area contributed by atoms with E-state index in [4.69, 9.17) is 5.73 Å². The van der Waals surface area contributed by atoms with Crippen LogP contribution in [0.4, 0.5) is 0 Å². The Morgan fingerprint density at radius 1 is 1.03 bits per heavy atom. The number of hydrogen-bond donors (Lipinski definition) is 8. The summed E-state index contributed by atoms with van der Waals surface area (Å²) in [6.07, 6.45) is 7.11. The molecule has 0 spiro atoms. The van der Waals surface area contributed by atoms with Gasteiger partial charge in [0.1, 0.15) is 18.1 Å². The van der Waals surface area contributed by atoms with E-state index in [1.165, 1.54) is 12.5 Å². The van der Waals surface area contributed by atoms with Gasteiger partial charge in [0.25, 0.3) is 0 Å². The van der Waals surface area contributed by atoms with Crippen LogP contribution in [0.1, 0.15) is 17.7 Å². The molecule has 3 amide bonds. The van der Waals surface area contributed by atoms with Crippen LogP contribution in [0.2, 0.25) is 0 Å². The minimum absolute atomic E-state index is 0.0325. The van der Waals surface area contributed by atoms with Crippen molar-refractivity contribution in [2.45, 2.75) is 43.4 Å². The average Bonchev–Trinajstić information content (AvgIpc) is 3.59. The van der Waals surface area contributed by atoms with Gasteiger partial charge in [-0.05, 0) is 30.1 Å². The molecule has 0 fully saturated rings. The van der Waals surface area contributed by atoms with E-state index in [-0.39, 0.29) is 18.6 Å². The van der Waals surface area contributed by atoms with Crippen molar-refractivity contribution in [2.24, 2.45) is 5.73 Å². The molecule has 14 heteroatoms. The first kappa shape index (κ1) is 30.1. The summed E-state index contributed by atoms with van der Waals surface area (Å²) in [7, 11) is 0. The predicted molar refractivity (Wildman–Crippen MR) is 153 cm³/mol. The SMILES string of the molecule is CSCCC(N)C(=O)NC(Cc1cnc[nH]1)C(=O)NC(CS)C(=O)NC(Cc1c[nH]c2ccccc12)C(=O)O. The average molecular weight is 576 g/mol. The summed E-state index contributed by atoms with van der Waals surface area (Å²) in [6.45, 7) is 0. The van der Waals surface area contributed by atoms with E-state index in [0.29, 0.717) is 17.9 Å². The van der Waals surface area contributed by atoms with Crippen LogP contribution in [-0.2, 0) is 32.0 Å². The fraction of sp³-hybridized carbons (Fsp3) is 0.400. The third-order valence-electron chi connectivity index (χ3n) is 6.11. The molecule has 3 aromatic rings. The number of fused-ring (bicyclic) bond motifs is 1. The van der Waals surface area contributed by atoms with Gasteiger partial charge in [-0.25, -0.2) is 9.78 Å². The number of aliphatic carboxylic acids is 1. The molecule has 0 aliphatic heterocycles. The van der Waals surface area contributed by atoms with Crippen molar-refractivity contribution in [1.29, 1.82) is 0 Å². The number of para-hydroxylation sites is 1. The number of aromatic nitrogens is 3. The first-order chi connectivity index (χ1) is 18.7. The topological polar surface area (TPSA) is 195 Å². The summed E-state index contributed by atoms with van der Waals surface area (Å²) in [5.41, 5.74) is 8.13. The normalized spacial score (nSPS) is 14.2. The van der Waals surface area contributed by atoms with E-state index in [2.05, 4.69) is 43.5 Å². The lowest BCUT2D eigenvalue weighted by Crippen LogP contribution is -2.58. The van der Waals surface area contributed by atoms with E-state index in [9.17, 15) is 24.3 Å². The number of amides is 3. The Balaban J connectivity index is 1.68. The highest BCUT2D eigenvalue weighted by Crippen LogP contribution is 2.19. The summed E-state index contributed by atoms with van der Waals surface area (Å²) in [5, 5.41) is 18.4. The summed E-state index contributed by atoms with van der Waals surface area (Å²) < 4.78 is 0. The molecule has 3 rings (SSSR count). The minimum atomic E-state index is -1.24. The molecule has 12 nitrogen and oxygen atoms in total. The van der Waals surface area contributed by atoms with Gasteiger partial charge in [0.15, 0.2) is 0 Å². The van der Waals surface area contributed by atoms with Crippen LogP contribution >= 0.6 is 24.4 Å². The van der Waals surface area contributed by atoms with Crippen LogP contribution in [0.5, 0.6) is 0 Å². The zero-order valence-electron chi connectivity index (χ0n) is 21.3. The quantitative estimate of drug-likeness (QED) is 0.118. The van der Waals surface area contributed by atoms with Crippen LogP contribution in [0, 0.1) is 0 Å². The Hall–Kier alpha value is -3.49. The number of carboxylic acid groups (broad SMARTS) is 1. The third-order valence-corrected chi connectivity index (χ3v) is 7.12. The van der Waals surface area contributed by atoms with Crippen molar-refractivity contribution in [2.75, 3.05) is 17.8 Å². The molecule has 0 saturated carbocycles. The maximum Gasteiger partial charge on any atom is 0.326 e. The first-order valence-corrected chi connectivity index (χ1v) is 14.3. The van der Waals surface area contributed by atoms with Crippen molar-refractivity contribution in [3.05, 3.63) is 54.2 Å². The molecule has 4 atom stereocenters. The Kier molecular flexibility index (Phi) is 11.3. The molecule has 0 saturated heterocycles. The van der Waals surface area contributed by atoms with E-state index >= 15 is 0 Å². The van der Waals surface area contributed by atoms with Crippen molar-refractivity contribution in [3.63, 3.8) is 0 Å². The second kappa shape index (κ2) is 14.6. The van der Waals surface area contributed by atoms with Crippen LogP contribution in [0.3, 0.4) is 0 Å². The lowest BCUT2D eigenvalue weighted by Gasteiger charge is -2.24. The van der Waals surface area contributed by atoms with Crippen LogP contribution in [0.15, 0.2) is 43.0 Å². The number of carbonyl (C=O) groups is 4. The fourth-order valence-corrected chi connectivity index (χ4v) is 4.69. The first-order valence-electron chi connectivity index (χ1n) is 12.2. The number of hydrogen-bond acceptors (Lipinski definition) is 8. The Bertz CT molecular complexity index is 1270. The number of benzene rings is 1. The molecular formula is C25H33N7O5S2. The van der Waals surface area contributed by atoms with Crippen molar-refractivity contribution in [1.82, 2.24) is 30.9 Å². The van der Waals surface area contributed by atoms with E-state index in [1.54, 1.807) is 18.0 Å². The highest BCUT2D eigenvalue weighted by molar-refractivity contribution is 7.98. The number of rotatable bonds is 15. The monoisotopic (exact) mass is 575 g/mol. The number of carboxylic acids is 1. The molecule has 0 bridgehead atoms. The summed E-state index contributed by atoms with van der Waals surface area (Å²) in [4.78, 5) is 60.7. The number of imidazole rings is 1. The molecular weight excluding hydrogens is 542 g/mol. The highest BCUT2D eigenvalue weighted by atomic mass is 32.2. The van der Waals surface area contributed by atoms with Gasteiger partial charge >= 0.3 is 5.97 Å². The van der Waals surface area contributed by atoms with Crippen molar-refractivity contribution in [3.8, 4) is 0 Å². The molecule has 0 aliphatic rings. The molecule has 4 unspecified atom stereocenters. The number of thioether (sulfide) groups is 1. The Labute approximate surface area is 235 Å². The number of nitrogens with zero attached hydrogens (tertiary/aromatic N) is 1. The maximum absolute atomic E-state index is 13.2. The van der Waals surface area contributed by atoms with Crippen LogP contribution in [-0.4, -0.2) is 85.7 Å². The number of nitrogens with one attached hydrogen (secondary N) is 5. The van der Waals surface area contributed by atoms with Crippen molar-refractivity contribution >= 4 is 59.0 Å². The molecule has 39 heavy (non-hydrogen) atoms. The van der Waals surface area contributed by atoms with Crippen LogP contribution in [0.25, 0.3) is 10.9 Å². The molecule has 1 aromatic carbocycles. The predicted octanol–water partition coefficient (Wildman–Crippen LogP) is 0.225. The number of aromatic amines is 2. The standard InChI is InChI=1S/C25H33N7O5S2/c1-39-7-6-17(26)22(33)30-19(9-15-11-27-13-29-15)23(34)32-21(12-38)24(35)31-20(25(36)37)8-14-10-28-18-5-3-2-4-16(14)18/h2-5,10-11,13,17,19-21,28,38H,6-9,12,26H2,1H3,(H,27,29)(H,30,33)(H,31,35)(H,32,34)(H,36,37). The Morgan fingerprint density at radius 3 is 2.38 bits per heavy atom. The summed E-state index contributed by atoms with van der Waals surface area (Å²) >= 11 is 5.74. The van der Waals surface area contributed by atoms with Crippen molar-refractivity contribution < 1.29 is 24.3 Å². The Morgan fingerprint density at radius 2 is 1.72 bits per heavy atom. The fourth-order valence-electron chi connectivity index (χ4n) is 3.94. The number of thiol groups is 1. The second-order valence-corrected chi connectivity index (χ2v) is 10.3. The maximum atomic E-state index is 13.2. The van der Waals surface area contributed by atoms with Gasteiger partial charge in [-0.3, -0.25) is 14.4 Å². The zero-order valence-corrected chi connectivity index (χ0v) is 23.1. The molecule has 0 aliphatic carbocycles. The lowest BCUT2D eigenvalue weighted by molar-refractivity contribution is -0.142. The smallest absolute Gasteiger partial charge is 0.326 e. The zero-order chi connectivity index (χ0) is 28.4. The minimum Gasteiger partial charge on any atom is -0.480 e. The number of H-pyrrole nitrogens is 2. The van der Waals surface area contributed by atoms with Gasteiger partial charge in [-0.2, -0.15) is 24.4 Å². The molecule has 210 valence electrons. The third kappa shape index (κ3) is 8.50. The van der Waals surface area contributed by atoms with E-state index in [1.807, 2.05) is 30.5 Å². The summed E-state index contributed by atoms with van der Waals surface area (Å²) in [5.74, 6) is -2.50. The molecule has 8 N–H and O–H groups in total. The molecule has 2 aromatic heterocycles. The second-order valence-electron chi connectivity index (χ2n) is 8.94. The van der Waals surface area contributed by atoms with Gasteiger partial charge in [-0.15, -0.1) is 0 Å². The van der Waals surface area contributed by atoms with E-state index in [0.717, 1.165) is 16.5 Å². The lowest BCUT2D eigenvalue weighted by atomic mass is 10.0. The highest BCUT2D eigenvalue weighted by Gasteiger charge is 2.30.